The van der Waals surface area contributed by atoms with Crippen molar-refractivity contribution >= 4 is 44.0 Å². The Kier molecular flexibility index (Phi) is 3.62. The van der Waals surface area contributed by atoms with Crippen molar-refractivity contribution in [2.45, 2.75) is 0 Å². The van der Waals surface area contributed by atoms with Gasteiger partial charge in [0.15, 0.2) is 0 Å². The standard InChI is InChI=1S/C17H13BrN2O/c18-14-5-1-13-10-16(8-4-12(13)9-14)20-17(21)11-2-6-15(19)7-3-11/h1-10H,19H2,(H,20,21). The summed E-state index contributed by atoms with van der Waals surface area (Å²) >= 11 is 3.45. The lowest BCUT2D eigenvalue weighted by molar-refractivity contribution is 0.102. The largest absolute Gasteiger partial charge is 0.399 e. The highest BCUT2D eigenvalue weighted by Crippen LogP contribution is 2.23. The van der Waals surface area contributed by atoms with Crippen LogP contribution in [-0.2, 0) is 0 Å². The van der Waals surface area contributed by atoms with Gasteiger partial charge in [0, 0.05) is 21.4 Å². The first kappa shape index (κ1) is 13.6. The van der Waals surface area contributed by atoms with Gasteiger partial charge in [0.2, 0.25) is 0 Å². The number of nitrogens with two attached hydrogens (primary N) is 1. The van der Waals surface area contributed by atoms with Gasteiger partial charge in [-0.3, -0.25) is 4.79 Å². The van der Waals surface area contributed by atoms with Crippen LogP contribution < -0.4 is 11.1 Å². The molecule has 0 bridgehead atoms. The van der Waals surface area contributed by atoms with Crippen molar-refractivity contribution in [2.75, 3.05) is 11.1 Å². The van der Waals surface area contributed by atoms with E-state index < -0.39 is 0 Å². The second-order valence-corrected chi connectivity index (χ2v) is 5.70. The van der Waals surface area contributed by atoms with Crippen molar-refractivity contribution in [3.63, 3.8) is 0 Å². The molecule has 0 unspecified atom stereocenters. The third-order valence-corrected chi connectivity index (χ3v) is 3.73. The zero-order valence-electron chi connectivity index (χ0n) is 11.1. The van der Waals surface area contributed by atoms with Gasteiger partial charge < -0.3 is 11.1 Å². The van der Waals surface area contributed by atoms with E-state index in [0.717, 1.165) is 20.9 Å². The number of carbonyl (C=O) groups excluding carboxylic acids is 1. The summed E-state index contributed by atoms with van der Waals surface area (Å²) in [6.45, 7) is 0. The van der Waals surface area contributed by atoms with Gasteiger partial charge in [-0.15, -0.1) is 0 Å². The van der Waals surface area contributed by atoms with Crippen LogP contribution in [0.5, 0.6) is 0 Å². The van der Waals surface area contributed by atoms with Gasteiger partial charge in [-0.1, -0.05) is 28.1 Å². The first-order valence-electron chi connectivity index (χ1n) is 6.48. The normalized spacial score (nSPS) is 10.5. The minimum atomic E-state index is -0.147. The number of hydrogen-bond donors (Lipinski definition) is 2. The molecule has 0 radical (unpaired) electrons. The van der Waals surface area contributed by atoms with Gasteiger partial charge in [0.05, 0.1) is 0 Å². The summed E-state index contributed by atoms with van der Waals surface area (Å²) in [6, 6.07) is 18.7. The predicted octanol–water partition coefficient (Wildman–Crippen LogP) is 4.44. The zero-order chi connectivity index (χ0) is 14.8. The van der Waals surface area contributed by atoms with Crippen LogP contribution in [0, 0.1) is 0 Å². The van der Waals surface area contributed by atoms with E-state index in [-0.39, 0.29) is 5.91 Å². The van der Waals surface area contributed by atoms with E-state index in [4.69, 9.17) is 5.73 Å². The molecule has 0 spiro atoms. The number of amides is 1. The summed E-state index contributed by atoms with van der Waals surface area (Å²) in [7, 11) is 0. The number of fused-ring (bicyclic) bond motifs is 1. The van der Waals surface area contributed by atoms with Crippen LogP contribution >= 0.6 is 15.9 Å². The lowest BCUT2D eigenvalue weighted by atomic mass is 10.1. The van der Waals surface area contributed by atoms with Crippen molar-refractivity contribution in [3.8, 4) is 0 Å². The Bertz CT molecular complexity index is 813. The van der Waals surface area contributed by atoms with Crippen LogP contribution in [0.4, 0.5) is 11.4 Å². The minimum Gasteiger partial charge on any atom is -0.399 e. The predicted molar refractivity (Wildman–Crippen MR) is 90.5 cm³/mol. The average molecular weight is 341 g/mol. The van der Waals surface area contributed by atoms with Gasteiger partial charge in [-0.05, 0) is 59.3 Å². The van der Waals surface area contributed by atoms with Crippen molar-refractivity contribution in [1.82, 2.24) is 0 Å². The lowest BCUT2D eigenvalue weighted by Crippen LogP contribution is -2.11. The number of anilines is 2. The molecule has 0 aliphatic rings. The fourth-order valence-electron chi connectivity index (χ4n) is 2.13. The van der Waals surface area contributed by atoms with Crippen LogP contribution in [0.25, 0.3) is 10.8 Å². The second kappa shape index (κ2) is 5.58. The third-order valence-electron chi connectivity index (χ3n) is 3.23. The average Bonchev–Trinajstić information content (AvgIpc) is 2.48. The summed E-state index contributed by atoms with van der Waals surface area (Å²) in [5, 5.41) is 5.09. The maximum atomic E-state index is 12.2. The van der Waals surface area contributed by atoms with Gasteiger partial charge in [0.25, 0.3) is 5.91 Å². The Balaban J connectivity index is 1.85. The van der Waals surface area contributed by atoms with Crippen molar-refractivity contribution in [2.24, 2.45) is 0 Å². The minimum absolute atomic E-state index is 0.147. The molecule has 104 valence electrons. The molecule has 3 aromatic carbocycles. The Morgan fingerprint density at radius 2 is 1.57 bits per heavy atom. The Labute approximate surface area is 130 Å². The van der Waals surface area contributed by atoms with Crippen molar-refractivity contribution in [1.29, 1.82) is 0 Å². The highest BCUT2D eigenvalue weighted by atomic mass is 79.9. The first-order chi connectivity index (χ1) is 10.1. The molecule has 3 N–H and O–H groups in total. The molecule has 0 fully saturated rings. The first-order valence-corrected chi connectivity index (χ1v) is 7.27. The molecule has 3 rings (SSSR count). The molecule has 21 heavy (non-hydrogen) atoms. The number of nitrogen functional groups attached to an aromatic ring is 1. The van der Waals surface area contributed by atoms with Gasteiger partial charge >= 0.3 is 0 Å². The summed E-state index contributed by atoms with van der Waals surface area (Å²) in [6.07, 6.45) is 0. The molecular formula is C17H13BrN2O. The number of hydrogen-bond acceptors (Lipinski definition) is 2. The molecule has 0 heterocycles. The summed E-state index contributed by atoms with van der Waals surface area (Å²) in [5.74, 6) is -0.147. The fourth-order valence-corrected chi connectivity index (χ4v) is 2.51. The highest BCUT2D eigenvalue weighted by Gasteiger charge is 2.06. The quantitative estimate of drug-likeness (QED) is 0.677. The molecule has 0 saturated heterocycles. The molecular weight excluding hydrogens is 328 g/mol. The van der Waals surface area contributed by atoms with Crippen molar-refractivity contribution < 1.29 is 4.79 Å². The highest BCUT2D eigenvalue weighted by molar-refractivity contribution is 9.10. The number of benzene rings is 3. The van der Waals surface area contributed by atoms with Crippen LogP contribution in [-0.4, -0.2) is 5.91 Å². The molecule has 0 atom stereocenters. The van der Waals surface area contributed by atoms with Crippen molar-refractivity contribution in [3.05, 3.63) is 70.7 Å². The molecule has 0 aliphatic heterocycles. The van der Waals surface area contributed by atoms with Gasteiger partial charge in [-0.2, -0.15) is 0 Å². The summed E-state index contributed by atoms with van der Waals surface area (Å²) in [4.78, 5) is 12.2. The fraction of sp³-hybridized carbons (Fsp3) is 0. The van der Waals surface area contributed by atoms with E-state index in [1.807, 2.05) is 36.4 Å². The number of nitrogens with one attached hydrogen (secondary N) is 1. The molecule has 1 amide bonds. The van der Waals surface area contributed by atoms with Crippen LogP contribution in [0.2, 0.25) is 0 Å². The van der Waals surface area contributed by atoms with E-state index in [0.29, 0.717) is 11.3 Å². The van der Waals surface area contributed by atoms with Gasteiger partial charge in [-0.25, -0.2) is 0 Å². The smallest absolute Gasteiger partial charge is 0.255 e. The third kappa shape index (κ3) is 3.06. The lowest BCUT2D eigenvalue weighted by Gasteiger charge is -2.07. The number of rotatable bonds is 2. The SMILES string of the molecule is Nc1ccc(C(=O)Nc2ccc3cc(Br)ccc3c2)cc1. The maximum absolute atomic E-state index is 12.2. The van der Waals surface area contributed by atoms with Crippen LogP contribution in [0.15, 0.2) is 65.1 Å². The van der Waals surface area contributed by atoms with E-state index in [1.54, 1.807) is 24.3 Å². The molecule has 0 aromatic heterocycles. The Morgan fingerprint density at radius 3 is 2.33 bits per heavy atom. The molecule has 0 aliphatic carbocycles. The molecule has 3 aromatic rings. The topological polar surface area (TPSA) is 55.1 Å². The summed E-state index contributed by atoms with van der Waals surface area (Å²) in [5.41, 5.74) is 7.61. The van der Waals surface area contributed by atoms with E-state index in [9.17, 15) is 4.79 Å². The van der Waals surface area contributed by atoms with E-state index in [1.165, 1.54) is 0 Å². The number of carbonyl (C=O) groups is 1. The zero-order valence-corrected chi connectivity index (χ0v) is 12.7. The maximum Gasteiger partial charge on any atom is 0.255 e. The molecule has 3 nitrogen and oxygen atoms in total. The van der Waals surface area contributed by atoms with E-state index in [2.05, 4.69) is 21.2 Å². The Morgan fingerprint density at radius 1 is 0.905 bits per heavy atom. The van der Waals surface area contributed by atoms with Crippen LogP contribution in [0.1, 0.15) is 10.4 Å². The van der Waals surface area contributed by atoms with Gasteiger partial charge in [0.1, 0.15) is 0 Å². The number of halogens is 1. The van der Waals surface area contributed by atoms with Crippen LogP contribution in [0.3, 0.4) is 0 Å². The second-order valence-electron chi connectivity index (χ2n) is 4.78. The molecule has 4 heteroatoms. The monoisotopic (exact) mass is 340 g/mol. The molecule has 0 saturated carbocycles. The van der Waals surface area contributed by atoms with E-state index >= 15 is 0 Å². The summed E-state index contributed by atoms with van der Waals surface area (Å²) < 4.78 is 1.04. The Hall–Kier alpha value is -2.33.